The monoisotopic (exact) mass is 878 g/mol. The largest absolute Gasteiger partial charge is 0.310 e. The third-order valence-corrected chi connectivity index (χ3v) is 22.4. The van der Waals surface area contributed by atoms with E-state index in [1.54, 1.807) is 0 Å². The first-order valence-electron chi connectivity index (χ1n) is 23.4. The van der Waals surface area contributed by atoms with Crippen LogP contribution in [0, 0.1) is 13.8 Å². The molecule has 0 amide bonds. The van der Waals surface area contributed by atoms with Crippen LogP contribution in [0.3, 0.4) is 0 Å². The lowest BCUT2D eigenvalue weighted by atomic mass is 9.84. The van der Waals surface area contributed by atoms with Crippen molar-refractivity contribution < 1.29 is 0 Å². The summed E-state index contributed by atoms with van der Waals surface area (Å²) in [6, 6.07) is 73.6. The number of aryl methyl sites for hydroxylation is 2. The minimum absolute atomic E-state index is 1.17. The van der Waals surface area contributed by atoms with Gasteiger partial charge in [0.15, 0.2) is 0 Å². The molecular weight excluding hydrogens is 829 g/mol. The fourth-order valence-corrected chi connectivity index (χ4v) is 19.4. The molecule has 4 heteroatoms. The predicted octanol–water partition coefficient (Wildman–Crippen LogP) is 14.9. The average Bonchev–Trinajstić information content (AvgIpc) is 3.73. The van der Waals surface area contributed by atoms with E-state index in [9.17, 15) is 0 Å². The second kappa shape index (κ2) is 14.1. The number of hydrogen-bond donors (Lipinski definition) is 0. The van der Waals surface area contributed by atoms with Crippen molar-refractivity contribution in [2.75, 3.05) is 9.80 Å². The van der Waals surface area contributed by atoms with Crippen molar-refractivity contribution in [1.29, 1.82) is 0 Å². The van der Waals surface area contributed by atoms with E-state index in [2.05, 4.69) is 244 Å². The van der Waals surface area contributed by atoms with Gasteiger partial charge < -0.3 is 9.80 Å². The summed E-state index contributed by atoms with van der Waals surface area (Å²) < 4.78 is 0. The van der Waals surface area contributed by atoms with Crippen molar-refractivity contribution in [2.45, 2.75) is 40.0 Å². The van der Waals surface area contributed by atoms with E-state index in [0.717, 1.165) is 0 Å². The highest BCUT2D eigenvalue weighted by Gasteiger charge is 2.42. The minimum atomic E-state index is -2.11. The van der Waals surface area contributed by atoms with Crippen LogP contribution < -0.4 is 30.5 Å². The van der Waals surface area contributed by atoms with Crippen LogP contribution in [0.25, 0.3) is 65.3 Å². The first-order valence-corrected chi connectivity index (χ1v) is 29.4. The summed E-state index contributed by atoms with van der Waals surface area (Å²) in [7, 11) is -4.22. The van der Waals surface area contributed by atoms with Gasteiger partial charge in [-0.05, 0) is 138 Å². The zero-order chi connectivity index (χ0) is 44.6. The van der Waals surface area contributed by atoms with Gasteiger partial charge >= 0.3 is 0 Å². The zero-order valence-electron chi connectivity index (χ0n) is 38.4. The Labute approximate surface area is 389 Å². The summed E-state index contributed by atoms with van der Waals surface area (Å²) in [6.45, 7) is 14.9. The van der Waals surface area contributed by atoms with Gasteiger partial charge in [-0.15, -0.1) is 0 Å². The van der Waals surface area contributed by atoms with Gasteiger partial charge in [-0.2, -0.15) is 0 Å². The molecule has 0 saturated carbocycles. The van der Waals surface area contributed by atoms with Crippen LogP contribution in [0.2, 0.25) is 26.2 Å². The molecule has 0 atom stereocenters. The van der Waals surface area contributed by atoms with Gasteiger partial charge in [-0.25, -0.2) is 0 Å². The van der Waals surface area contributed by atoms with Gasteiger partial charge in [0, 0.05) is 44.3 Å². The van der Waals surface area contributed by atoms with Crippen molar-refractivity contribution in [3.63, 3.8) is 0 Å². The highest BCUT2D eigenvalue weighted by Crippen LogP contribution is 2.52. The summed E-state index contributed by atoms with van der Waals surface area (Å²) in [5, 5.41) is 16.5. The Morgan fingerprint density at radius 3 is 1.09 bits per heavy atom. The smallest absolute Gasteiger partial charge is 0.116 e. The molecule has 2 aliphatic heterocycles. The van der Waals surface area contributed by atoms with Gasteiger partial charge in [-0.3, -0.25) is 0 Å². The molecule has 0 N–H and O–H groups in total. The van der Waals surface area contributed by atoms with Crippen molar-refractivity contribution in [3.8, 4) is 22.3 Å². The SMILES string of the molecule is Cc1cc(N(c2ccccc2)c2cccc3c2[Si](C)(C)c2ccccc2-3)c2ccc3c(N(c4ccccc4)c4cccc5c4[Si](C)(C)c4ccccc4-5)cc(C)c4c5ccccc5c1c2c34. The molecule has 0 radical (unpaired) electrons. The quantitative estimate of drug-likeness (QED) is 0.0933. The Morgan fingerprint density at radius 2 is 0.667 bits per heavy atom. The van der Waals surface area contributed by atoms with E-state index >= 15 is 0 Å². The second-order valence-electron chi connectivity index (χ2n) is 19.7. The number of para-hydroxylation sites is 2. The van der Waals surface area contributed by atoms with Crippen molar-refractivity contribution in [1.82, 2.24) is 0 Å². The minimum Gasteiger partial charge on any atom is -0.310 e. The Balaban J connectivity index is 1.15. The Morgan fingerprint density at radius 1 is 0.303 bits per heavy atom. The summed E-state index contributed by atoms with van der Waals surface area (Å²) >= 11 is 0. The maximum atomic E-state index is 2.60. The Hall–Kier alpha value is -7.25. The Bertz CT molecular complexity index is 3550. The van der Waals surface area contributed by atoms with E-state index in [-0.39, 0.29) is 0 Å². The molecule has 0 unspecified atom stereocenters. The van der Waals surface area contributed by atoms with E-state index in [4.69, 9.17) is 0 Å². The molecule has 2 nitrogen and oxygen atoms in total. The zero-order valence-corrected chi connectivity index (χ0v) is 40.4. The van der Waals surface area contributed by atoms with Crippen LogP contribution in [-0.2, 0) is 0 Å². The fourth-order valence-electron chi connectivity index (χ4n) is 12.6. The van der Waals surface area contributed by atoms with Crippen LogP contribution in [-0.4, -0.2) is 16.1 Å². The lowest BCUT2D eigenvalue weighted by Gasteiger charge is -2.34. The number of fused-ring (bicyclic) bond motifs is 9. The number of benzene rings is 11. The van der Waals surface area contributed by atoms with E-state index < -0.39 is 16.1 Å². The predicted molar refractivity (Wildman–Crippen MR) is 291 cm³/mol. The number of hydrogen-bond acceptors (Lipinski definition) is 2. The van der Waals surface area contributed by atoms with Crippen molar-refractivity contribution in [3.05, 3.63) is 205 Å². The fraction of sp³-hybridized carbons (Fsp3) is 0.0968. The van der Waals surface area contributed by atoms with Gasteiger partial charge in [-0.1, -0.05) is 172 Å². The third-order valence-electron chi connectivity index (χ3n) is 15.3. The maximum absolute atomic E-state index is 2.60. The maximum Gasteiger partial charge on any atom is 0.116 e. The summed E-state index contributed by atoms with van der Waals surface area (Å²) in [5.74, 6) is 0. The number of anilines is 6. The van der Waals surface area contributed by atoms with E-state index in [1.165, 1.54) is 131 Å². The molecular formula is C62H50N2Si2. The summed E-state index contributed by atoms with van der Waals surface area (Å²) in [5.41, 5.74) is 15.4. The first kappa shape index (κ1) is 39.1. The lowest BCUT2D eigenvalue weighted by Crippen LogP contribution is -2.50. The van der Waals surface area contributed by atoms with Crippen LogP contribution in [0.5, 0.6) is 0 Å². The van der Waals surface area contributed by atoms with Gasteiger partial charge in [0.05, 0.1) is 11.4 Å². The molecule has 66 heavy (non-hydrogen) atoms. The molecule has 11 aromatic rings. The summed E-state index contributed by atoms with van der Waals surface area (Å²) in [4.78, 5) is 5.20. The van der Waals surface area contributed by atoms with Crippen molar-refractivity contribution >= 4 is 114 Å². The third kappa shape index (κ3) is 5.28. The molecule has 0 saturated heterocycles. The van der Waals surface area contributed by atoms with Crippen molar-refractivity contribution in [2.24, 2.45) is 0 Å². The number of nitrogens with zero attached hydrogens (tertiary/aromatic N) is 2. The lowest BCUT2D eigenvalue weighted by molar-refractivity contribution is 1.30. The standard InChI is InChI=1S/C62H50N2Si2/c1-39-37-53(63(41-21-9-7-10-22-41)51-31-19-29-47-43-25-15-17-33-55(43)65(3,4)61(47)51)49-35-36-50-54(38-40(2)58-46-28-14-13-27-45(46)57(39)59(49)60(50)58)64(42-23-11-8-12-24-42)52-32-20-30-48-44-26-16-18-34-56(44)66(5,6)62(48)52/h7-38H,1-6H3. The van der Waals surface area contributed by atoms with Crippen LogP contribution in [0.1, 0.15) is 11.1 Å². The topological polar surface area (TPSA) is 6.48 Å². The van der Waals surface area contributed by atoms with Crippen LogP contribution in [0.4, 0.5) is 34.1 Å². The van der Waals surface area contributed by atoms with Crippen LogP contribution >= 0.6 is 0 Å². The normalized spacial score (nSPS) is 14.2. The Kier molecular flexibility index (Phi) is 8.38. The molecule has 2 aliphatic rings. The molecule has 0 bridgehead atoms. The molecule has 13 rings (SSSR count). The second-order valence-corrected chi connectivity index (χ2v) is 28.3. The van der Waals surface area contributed by atoms with Gasteiger partial charge in [0.1, 0.15) is 16.1 Å². The van der Waals surface area contributed by atoms with E-state index in [1.807, 2.05) is 0 Å². The molecule has 0 aliphatic carbocycles. The molecule has 11 aromatic carbocycles. The molecule has 316 valence electrons. The highest BCUT2D eigenvalue weighted by atomic mass is 28.3. The van der Waals surface area contributed by atoms with Gasteiger partial charge in [0.2, 0.25) is 0 Å². The highest BCUT2D eigenvalue weighted by molar-refractivity contribution is 7.05. The van der Waals surface area contributed by atoms with Crippen LogP contribution in [0.15, 0.2) is 194 Å². The van der Waals surface area contributed by atoms with E-state index in [0.29, 0.717) is 0 Å². The van der Waals surface area contributed by atoms with Gasteiger partial charge in [0.25, 0.3) is 0 Å². The average molecular weight is 879 g/mol. The first-order chi connectivity index (χ1) is 32.1. The summed E-state index contributed by atoms with van der Waals surface area (Å²) in [6.07, 6.45) is 0. The molecule has 0 fully saturated rings. The number of rotatable bonds is 6. The molecule has 0 aromatic heterocycles. The molecule has 2 heterocycles. The molecule has 0 spiro atoms.